The number of hydrogen-bond acceptors (Lipinski definition) is 2. The lowest BCUT2D eigenvalue weighted by molar-refractivity contribution is 0.0844. The fourth-order valence-electron chi connectivity index (χ4n) is 2.05. The first-order valence-corrected chi connectivity index (χ1v) is 5.03. The Labute approximate surface area is 75.6 Å². The molecule has 0 heterocycles. The monoisotopic (exact) mass is 171 g/mol. The average molecular weight is 171 g/mol. The SMILES string of the molecule is CN(C)C[C@H]1CCCCC[C@H]1O. The molecule has 1 fully saturated rings. The molecule has 1 rings (SSSR count). The van der Waals surface area contributed by atoms with E-state index >= 15 is 0 Å². The topological polar surface area (TPSA) is 23.5 Å². The number of rotatable bonds is 2. The molecular formula is C10H21NO. The summed E-state index contributed by atoms with van der Waals surface area (Å²) in [6.45, 7) is 1.04. The van der Waals surface area contributed by atoms with E-state index in [1.165, 1.54) is 25.7 Å². The Bertz CT molecular complexity index is 125. The fraction of sp³-hybridized carbons (Fsp3) is 1.00. The lowest BCUT2D eigenvalue weighted by atomic mass is 9.97. The summed E-state index contributed by atoms with van der Waals surface area (Å²) in [5.41, 5.74) is 0. The minimum Gasteiger partial charge on any atom is -0.393 e. The normalized spacial score (nSPS) is 32.0. The number of aliphatic hydroxyl groups excluding tert-OH is 1. The van der Waals surface area contributed by atoms with E-state index in [0.29, 0.717) is 5.92 Å². The van der Waals surface area contributed by atoms with Crippen LogP contribution in [0, 0.1) is 5.92 Å². The van der Waals surface area contributed by atoms with Gasteiger partial charge in [-0.1, -0.05) is 19.3 Å². The molecule has 0 saturated heterocycles. The van der Waals surface area contributed by atoms with Gasteiger partial charge in [0.05, 0.1) is 6.10 Å². The van der Waals surface area contributed by atoms with Crippen molar-refractivity contribution in [1.29, 1.82) is 0 Å². The molecule has 2 nitrogen and oxygen atoms in total. The summed E-state index contributed by atoms with van der Waals surface area (Å²) in [6, 6.07) is 0. The molecule has 12 heavy (non-hydrogen) atoms. The van der Waals surface area contributed by atoms with Gasteiger partial charge >= 0.3 is 0 Å². The van der Waals surface area contributed by atoms with Crippen LogP contribution in [0.1, 0.15) is 32.1 Å². The molecule has 1 saturated carbocycles. The van der Waals surface area contributed by atoms with E-state index in [-0.39, 0.29) is 6.10 Å². The maximum atomic E-state index is 9.77. The summed E-state index contributed by atoms with van der Waals surface area (Å²) in [5, 5.41) is 9.77. The second kappa shape index (κ2) is 4.83. The molecule has 2 heteroatoms. The first-order valence-electron chi connectivity index (χ1n) is 5.03. The number of aliphatic hydroxyl groups is 1. The van der Waals surface area contributed by atoms with E-state index in [0.717, 1.165) is 13.0 Å². The van der Waals surface area contributed by atoms with Crippen molar-refractivity contribution in [3.8, 4) is 0 Å². The molecule has 0 aliphatic heterocycles. The van der Waals surface area contributed by atoms with Gasteiger partial charge in [-0.25, -0.2) is 0 Å². The van der Waals surface area contributed by atoms with Gasteiger partial charge in [0.15, 0.2) is 0 Å². The molecule has 0 unspecified atom stereocenters. The van der Waals surface area contributed by atoms with Gasteiger partial charge in [0.2, 0.25) is 0 Å². The quantitative estimate of drug-likeness (QED) is 0.636. The third-order valence-electron chi connectivity index (χ3n) is 2.72. The zero-order valence-electron chi connectivity index (χ0n) is 8.29. The Morgan fingerprint density at radius 1 is 1.17 bits per heavy atom. The zero-order chi connectivity index (χ0) is 8.97. The lowest BCUT2D eigenvalue weighted by Gasteiger charge is -2.23. The van der Waals surface area contributed by atoms with Crippen LogP contribution in [0.5, 0.6) is 0 Å². The minimum atomic E-state index is -0.0464. The summed E-state index contributed by atoms with van der Waals surface area (Å²) >= 11 is 0. The highest BCUT2D eigenvalue weighted by Crippen LogP contribution is 2.23. The highest BCUT2D eigenvalue weighted by molar-refractivity contribution is 4.74. The van der Waals surface area contributed by atoms with Crippen molar-refractivity contribution in [3.05, 3.63) is 0 Å². The second-order valence-electron chi connectivity index (χ2n) is 4.23. The van der Waals surface area contributed by atoms with Crippen LogP contribution in [0.2, 0.25) is 0 Å². The van der Waals surface area contributed by atoms with Crippen LogP contribution in [0.4, 0.5) is 0 Å². The van der Waals surface area contributed by atoms with Gasteiger partial charge < -0.3 is 10.0 Å². The van der Waals surface area contributed by atoms with Crippen molar-refractivity contribution in [1.82, 2.24) is 4.90 Å². The Balaban J connectivity index is 2.36. The highest BCUT2D eigenvalue weighted by atomic mass is 16.3. The van der Waals surface area contributed by atoms with E-state index < -0.39 is 0 Å². The van der Waals surface area contributed by atoms with Crippen LogP contribution in [0.15, 0.2) is 0 Å². The highest BCUT2D eigenvalue weighted by Gasteiger charge is 2.21. The third-order valence-corrected chi connectivity index (χ3v) is 2.72. The van der Waals surface area contributed by atoms with Crippen LogP contribution < -0.4 is 0 Å². The minimum absolute atomic E-state index is 0.0464. The molecule has 0 radical (unpaired) electrons. The van der Waals surface area contributed by atoms with Gasteiger partial charge in [0, 0.05) is 6.54 Å². The van der Waals surface area contributed by atoms with Crippen LogP contribution in [-0.2, 0) is 0 Å². The summed E-state index contributed by atoms with van der Waals surface area (Å²) in [7, 11) is 4.16. The first kappa shape index (κ1) is 10.0. The van der Waals surface area contributed by atoms with Crippen LogP contribution >= 0.6 is 0 Å². The molecule has 0 bridgehead atoms. The third kappa shape index (κ3) is 3.11. The number of nitrogens with zero attached hydrogens (tertiary/aromatic N) is 1. The summed E-state index contributed by atoms with van der Waals surface area (Å²) in [6.07, 6.45) is 5.99. The summed E-state index contributed by atoms with van der Waals surface area (Å²) in [5.74, 6) is 0.516. The van der Waals surface area contributed by atoms with E-state index in [4.69, 9.17) is 0 Å². The Hall–Kier alpha value is -0.0800. The van der Waals surface area contributed by atoms with Gasteiger partial charge in [0.25, 0.3) is 0 Å². The van der Waals surface area contributed by atoms with Gasteiger partial charge in [-0.2, -0.15) is 0 Å². The maximum Gasteiger partial charge on any atom is 0.0580 e. The van der Waals surface area contributed by atoms with E-state index in [1.54, 1.807) is 0 Å². The van der Waals surface area contributed by atoms with E-state index in [1.807, 2.05) is 0 Å². The van der Waals surface area contributed by atoms with Gasteiger partial charge in [-0.3, -0.25) is 0 Å². The molecule has 0 aromatic carbocycles. The van der Waals surface area contributed by atoms with Crippen molar-refractivity contribution in [2.45, 2.75) is 38.2 Å². The Morgan fingerprint density at radius 2 is 1.83 bits per heavy atom. The van der Waals surface area contributed by atoms with Crippen LogP contribution in [-0.4, -0.2) is 36.8 Å². The van der Waals surface area contributed by atoms with Crippen LogP contribution in [0.25, 0.3) is 0 Å². The lowest BCUT2D eigenvalue weighted by Crippen LogP contribution is -2.30. The molecule has 0 aromatic heterocycles. The van der Waals surface area contributed by atoms with Crippen molar-refractivity contribution in [3.63, 3.8) is 0 Å². The second-order valence-corrected chi connectivity index (χ2v) is 4.23. The standard InChI is InChI=1S/C10H21NO/c1-11(2)8-9-6-4-3-5-7-10(9)12/h9-10,12H,3-8H2,1-2H3/t9-,10-/m1/s1. The fourth-order valence-corrected chi connectivity index (χ4v) is 2.05. The summed E-state index contributed by atoms with van der Waals surface area (Å²) < 4.78 is 0. The smallest absolute Gasteiger partial charge is 0.0580 e. The van der Waals surface area contributed by atoms with Crippen molar-refractivity contribution < 1.29 is 5.11 Å². The zero-order valence-corrected chi connectivity index (χ0v) is 8.29. The first-order chi connectivity index (χ1) is 5.70. The predicted molar refractivity (Wildman–Crippen MR) is 51.1 cm³/mol. The molecule has 2 atom stereocenters. The average Bonchev–Trinajstić information content (AvgIpc) is 2.16. The largest absolute Gasteiger partial charge is 0.393 e. The van der Waals surface area contributed by atoms with Gasteiger partial charge in [-0.05, 0) is 32.9 Å². The molecule has 1 aliphatic carbocycles. The summed E-state index contributed by atoms with van der Waals surface area (Å²) in [4.78, 5) is 2.18. The Kier molecular flexibility index (Phi) is 4.02. The predicted octanol–water partition coefficient (Wildman–Crippen LogP) is 1.49. The molecule has 0 spiro atoms. The molecule has 0 amide bonds. The Morgan fingerprint density at radius 3 is 2.50 bits per heavy atom. The molecule has 72 valence electrons. The molecule has 1 aliphatic rings. The van der Waals surface area contributed by atoms with Crippen molar-refractivity contribution in [2.75, 3.05) is 20.6 Å². The van der Waals surface area contributed by atoms with Gasteiger partial charge in [0.1, 0.15) is 0 Å². The maximum absolute atomic E-state index is 9.77. The molecule has 1 N–H and O–H groups in total. The molecular weight excluding hydrogens is 150 g/mol. The van der Waals surface area contributed by atoms with Crippen LogP contribution in [0.3, 0.4) is 0 Å². The van der Waals surface area contributed by atoms with Crippen molar-refractivity contribution in [2.24, 2.45) is 5.92 Å². The van der Waals surface area contributed by atoms with Gasteiger partial charge in [-0.15, -0.1) is 0 Å². The van der Waals surface area contributed by atoms with Crippen molar-refractivity contribution >= 4 is 0 Å². The van der Waals surface area contributed by atoms with E-state index in [9.17, 15) is 5.11 Å². The van der Waals surface area contributed by atoms with E-state index in [2.05, 4.69) is 19.0 Å². The molecule has 0 aromatic rings. The number of hydrogen-bond donors (Lipinski definition) is 1.